The molecule has 4 heterocycles. The van der Waals surface area contributed by atoms with Crippen molar-refractivity contribution in [3.8, 4) is 66.8 Å². The van der Waals surface area contributed by atoms with Gasteiger partial charge in [0.2, 0.25) is 0 Å². The Kier molecular flexibility index (Phi) is 7.21. The van der Waals surface area contributed by atoms with Crippen molar-refractivity contribution >= 4 is 80.8 Å². The van der Waals surface area contributed by atoms with Gasteiger partial charge in [0, 0.05) is 43.5 Å². The third kappa shape index (κ3) is 4.63. The van der Waals surface area contributed by atoms with Crippen LogP contribution >= 0.6 is 0 Å². The lowest BCUT2D eigenvalue weighted by atomic mass is 9.82. The molecule has 0 saturated heterocycles. The first-order chi connectivity index (χ1) is 32.7. The minimum Gasteiger partial charge on any atom is -0.455 e. The van der Waals surface area contributed by atoms with Gasteiger partial charge in [-0.2, -0.15) is 0 Å². The van der Waals surface area contributed by atoms with Crippen LogP contribution in [0.3, 0.4) is 0 Å². The lowest BCUT2D eigenvalue weighted by Gasteiger charge is -2.22. The van der Waals surface area contributed by atoms with Gasteiger partial charge in [-0.05, 0) is 123 Å². The topological polar surface area (TPSA) is 26.3 Å². The van der Waals surface area contributed by atoms with Crippen molar-refractivity contribution < 1.29 is 8.83 Å². The fraction of sp³-hybridized carbons (Fsp3) is 0.156. The summed E-state index contributed by atoms with van der Waals surface area (Å²) in [6.45, 7) is 19.8. The van der Waals surface area contributed by atoms with Crippen molar-refractivity contribution in [1.82, 2.24) is 0 Å². The predicted molar refractivity (Wildman–Crippen MR) is 291 cm³/mol. The van der Waals surface area contributed by atoms with Crippen molar-refractivity contribution in [2.75, 3.05) is 0 Å². The van der Waals surface area contributed by atoms with Gasteiger partial charge in [-0.1, -0.05) is 187 Å². The van der Waals surface area contributed by atoms with E-state index < -0.39 is 16.1 Å². The highest BCUT2D eigenvalue weighted by Crippen LogP contribution is 2.53. The molecule has 0 bridgehead atoms. The molecule has 4 aliphatic rings. The van der Waals surface area contributed by atoms with E-state index in [4.69, 9.17) is 8.83 Å². The number of hydrogen-bond acceptors (Lipinski definition) is 2. The van der Waals surface area contributed by atoms with Gasteiger partial charge in [-0.15, -0.1) is 0 Å². The maximum absolute atomic E-state index is 7.07. The molecule has 0 radical (unpaired) electrons. The molecule has 9 aromatic carbocycles. The Morgan fingerprint density at radius 3 is 1.15 bits per heavy atom. The first kappa shape index (κ1) is 39.1. The van der Waals surface area contributed by atoms with Crippen molar-refractivity contribution in [3.05, 3.63) is 180 Å². The molecule has 68 heavy (non-hydrogen) atoms. The van der Waals surface area contributed by atoms with Crippen LogP contribution in [0.4, 0.5) is 0 Å². The first-order valence-electron chi connectivity index (χ1n) is 24.4. The average Bonchev–Trinajstić information content (AvgIpc) is 4.13. The van der Waals surface area contributed by atoms with Crippen LogP contribution in [-0.2, 0) is 10.8 Å². The molecule has 0 fully saturated rings. The largest absolute Gasteiger partial charge is 0.455 e. The Morgan fingerprint density at radius 2 is 0.706 bits per heavy atom. The predicted octanol–water partition coefficient (Wildman–Crippen LogP) is 15.0. The average molecular weight is 907 g/mol. The van der Waals surface area contributed by atoms with Crippen molar-refractivity contribution in [2.45, 2.75) is 64.7 Å². The Morgan fingerprint density at radius 1 is 0.338 bits per heavy atom. The normalized spacial score (nSPS) is 16.7. The summed E-state index contributed by atoms with van der Waals surface area (Å²) in [6, 6.07) is 60.2. The molecule has 2 nitrogen and oxygen atoms in total. The van der Waals surface area contributed by atoms with Gasteiger partial charge in [0.25, 0.3) is 0 Å². The van der Waals surface area contributed by atoms with Gasteiger partial charge in [0.1, 0.15) is 38.5 Å². The molecule has 11 aromatic rings. The summed E-state index contributed by atoms with van der Waals surface area (Å²) >= 11 is 0. The van der Waals surface area contributed by atoms with E-state index in [1.807, 2.05) is 0 Å². The van der Waals surface area contributed by atoms with Crippen LogP contribution in [0, 0.1) is 0 Å². The van der Waals surface area contributed by atoms with Crippen LogP contribution in [0.25, 0.3) is 111 Å². The highest BCUT2D eigenvalue weighted by molar-refractivity contribution is 7.06. The summed E-state index contributed by atoms with van der Waals surface area (Å²) in [4.78, 5) is 0. The van der Waals surface area contributed by atoms with E-state index in [0.29, 0.717) is 0 Å². The zero-order valence-corrected chi connectivity index (χ0v) is 41.8. The zero-order valence-electron chi connectivity index (χ0n) is 39.8. The Bertz CT molecular complexity index is 3880. The molecule has 2 aliphatic heterocycles. The van der Waals surface area contributed by atoms with Crippen LogP contribution in [0.5, 0.6) is 0 Å². The molecule has 0 spiro atoms. The van der Waals surface area contributed by atoms with E-state index in [0.717, 1.165) is 22.3 Å². The van der Waals surface area contributed by atoms with Crippen LogP contribution < -0.4 is 20.7 Å². The fourth-order valence-corrected chi connectivity index (χ4v) is 20.0. The molecule has 0 saturated carbocycles. The van der Waals surface area contributed by atoms with Gasteiger partial charge in [0.15, 0.2) is 0 Å². The van der Waals surface area contributed by atoms with E-state index >= 15 is 0 Å². The third-order valence-electron chi connectivity index (χ3n) is 17.5. The molecular formula is C64H50O2Si2. The zero-order chi connectivity index (χ0) is 46.0. The Balaban J connectivity index is 0.967. The number of para-hydroxylation sites is 2. The number of fused-ring (bicyclic) bond motifs is 20. The summed E-state index contributed by atoms with van der Waals surface area (Å²) in [5.41, 5.74) is 25.1. The summed E-state index contributed by atoms with van der Waals surface area (Å²) in [5, 5.41) is 10.9. The molecule has 15 rings (SSSR count). The molecule has 2 aliphatic carbocycles. The lowest BCUT2D eigenvalue weighted by molar-refractivity contribution is 0.660. The minimum atomic E-state index is -2.30. The maximum Gasteiger partial charge on any atom is 0.143 e. The van der Waals surface area contributed by atoms with Crippen LogP contribution in [0.15, 0.2) is 167 Å². The summed E-state index contributed by atoms with van der Waals surface area (Å²) in [7, 11) is -4.61. The number of furan rings is 2. The van der Waals surface area contributed by atoms with E-state index in [1.165, 1.54) is 131 Å². The second kappa shape index (κ2) is 12.6. The van der Waals surface area contributed by atoms with Crippen LogP contribution in [0.1, 0.15) is 49.9 Å². The molecule has 326 valence electrons. The molecule has 0 unspecified atom stereocenters. The molecular weight excluding hydrogens is 857 g/mol. The van der Waals surface area contributed by atoms with Gasteiger partial charge in [0.05, 0.1) is 0 Å². The van der Waals surface area contributed by atoms with Crippen molar-refractivity contribution in [2.24, 2.45) is 0 Å². The Hall–Kier alpha value is -6.99. The standard InChI is InChI=1S/C64H50O2Si2/c1-63(2)47-21-13-9-17-37(47)43-29-35(25-27-49(43)63)41-31-55-57(59-39-19-11-15-23-51(39)65-61(41)59)45-33-54-46(34-53(45)67(55,5)6)58-56(68(54,7)8)32-42(62-60(58)40-20-12-16-24-52(40)66-62)36-26-28-50-44(30-36)38-18-10-14-22-48(38)64(50,3)4/h9-34H,1-8H3. The Labute approximate surface area is 398 Å². The monoisotopic (exact) mass is 906 g/mol. The van der Waals surface area contributed by atoms with Gasteiger partial charge in [-0.25, -0.2) is 0 Å². The van der Waals surface area contributed by atoms with Gasteiger partial charge < -0.3 is 8.83 Å². The third-order valence-corrected chi connectivity index (χ3v) is 24.5. The highest BCUT2D eigenvalue weighted by atomic mass is 28.3. The second-order valence-electron chi connectivity index (χ2n) is 22.4. The fourth-order valence-electron chi connectivity index (χ4n) is 13.9. The van der Waals surface area contributed by atoms with E-state index in [1.54, 1.807) is 0 Å². The van der Waals surface area contributed by atoms with Gasteiger partial charge in [-0.3, -0.25) is 0 Å². The molecule has 4 heteroatoms. The number of benzene rings is 9. The quantitative estimate of drug-likeness (QED) is 0.162. The van der Waals surface area contributed by atoms with Crippen molar-refractivity contribution in [1.29, 1.82) is 0 Å². The summed E-state index contributed by atoms with van der Waals surface area (Å²) in [5.74, 6) is 0. The highest BCUT2D eigenvalue weighted by Gasteiger charge is 2.47. The smallest absolute Gasteiger partial charge is 0.143 e. The van der Waals surface area contributed by atoms with Crippen LogP contribution in [-0.4, -0.2) is 16.1 Å². The minimum absolute atomic E-state index is 0.0501. The molecule has 0 atom stereocenters. The molecule has 0 amide bonds. The maximum atomic E-state index is 7.07. The molecule has 2 aromatic heterocycles. The lowest BCUT2D eigenvalue weighted by Crippen LogP contribution is -2.51. The first-order valence-corrected chi connectivity index (χ1v) is 30.4. The summed E-state index contributed by atoms with van der Waals surface area (Å²) < 4.78 is 14.1. The summed E-state index contributed by atoms with van der Waals surface area (Å²) in [6.07, 6.45) is 0. The van der Waals surface area contributed by atoms with E-state index in [9.17, 15) is 0 Å². The van der Waals surface area contributed by atoms with Crippen molar-refractivity contribution in [3.63, 3.8) is 0 Å². The van der Waals surface area contributed by atoms with Gasteiger partial charge >= 0.3 is 0 Å². The van der Waals surface area contributed by atoms with Crippen LogP contribution in [0.2, 0.25) is 26.2 Å². The molecule has 0 N–H and O–H groups in total. The van der Waals surface area contributed by atoms with E-state index in [2.05, 4.69) is 212 Å². The van der Waals surface area contributed by atoms with E-state index in [-0.39, 0.29) is 10.8 Å². The second-order valence-corrected chi connectivity index (χ2v) is 31.0. The SMILES string of the molecule is CC1(C)c2ccccc2-c2cc(-c3cc4c(c5c3oc3ccccc35)-c3cc5c(cc3[Si]4(C)C)-c3c(cc(-c4ccc6c(c4)-c4ccccc4C6(C)C)c4oc6ccccc6c34)[Si]5(C)C)ccc21. The number of rotatable bonds is 2. The number of hydrogen-bond donors (Lipinski definition) is 0.